The number of ether oxygens (including phenoxy) is 1. The van der Waals surface area contributed by atoms with Gasteiger partial charge in [-0.2, -0.15) is 0 Å². The molecule has 0 radical (unpaired) electrons. The number of carboxylic acid groups (broad SMARTS) is 1. The molecule has 0 bridgehead atoms. The Morgan fingerprint density at radius 2 is 1.57 bits per heavy atom. The maximum Gasteiger partial charge on any atom is 0.408 e. The first kappa shape index (κ1) is 19.7. The molecule has 0 aliphatic heterocycles. The van der Waals surface area contributed by atoms with Crippen LogP contribution in [0.15, 0.2) is 0 Å². The predicted octanol–water partition coefficient (Wildman–Crippen LogP) is 4.11. The first-order valence-electron chi connectivity index (χ1n) is 7.98. The Labute approximate surface area is 128 Å². The minimum Gasteiger partial charge on any atom is -0.480 e. The third-order valence-corrected chi connectivity index (χ3v) is 3.09. The molecule has 0 aromatic rings. The van der Waals surface area contributed by atoms with Gasteiger partial charge < -0.3 is 15.2 Å². The summed E-state index contributed by atoms with van der Waals surface area (Å²) in [7, 11) is 0. The predicted molar refractivity (Wildman–Crippen MR) is 83.4 cm³/mol. The summed E-state index contributed by atoms with van der Waals surface area (Å²) in [6.07, 6.45) is 7.64. The number of amides is 1. The largest absolute Gasteiger partial charge is 0.480 e. The van der Waals surface area contributed by atoms with E-state index in [-0.39, 0.29) is 0 Å². The lowest BCUT2D eigenvalue weighted by atomic mass is 10.1. The monoisotopic (exact) mass is 301 g/mol. The topological polar surface area (TPSA) is 75.6 Å². The van der Waals surface area contributed by atoms with Crippen LogP contribution in [-0.2, 0) is 9.53 Å². The molecule has 0 heterocycles. The second kappa shape index (κ2) is 10.5. The van der Waals surface area contributed by atoms with Gasteiger partial charge >= 0.3 is 12.1 Å². The van der Waals surface area contributed by atoms with E-state index < -0.39 is 23.7 Å². The summed E-state index contributed by atoms with van der Waals surface area (Å²) in [6.45, 7) is 7.43. The van der Waals surface area contributed by atoms with Gasteiger partial charge in [0.25, 0.3) is 0 Å². The van der Waals surface area contributed by atoms with E-state index in [1.807, 2.05) is 0 Å². The van der Waals surface area contributed by atoms with Gasteiger partial charge in [0.05, 0.1) is 0 Å². The van der Waals surface area contributed by atoms with E-state index in [9.17, 15) is 9.59 Å². The van der Waals surface area contributed by atoms with Gasteiger partial charge in [-0.25, -0.2) is 9.59 Å². The van der Waals surface area contributed by atoms with Gasteiger partial charge in [0.15, 0.2) is 0 Å². The normalized spacial score (nSPS) is 12.8. The van der Waals surface area contributed by atoms with Gasteiger partial charge in [-0.15, -0.1) is 0 Å². The third-order valence-electron chi connectivity index (χ3n) is 3.09. The molecule has 0 aliphatic carbocycles. The molecular formula is C16H31NO4. The Balaban J connectivity index is 3.93. The van der Waals surface area contributed by atoms with E-state index in [4.69, 9.17) is 9.84 Å². The van der Waals surface area contributed by atoms with Crippen molar-refractivity contribution < 1.29 is 19.4 Å². The fourth-order valence-electron chi connectivity index (χ4n) is 2.01. The Kier molecular flexibility index (Phi) is 9.84. The van der Waals surface area contributed by atoms with Gasteiger partial charge in [-0.3, -0.25) is 0 Å². The Morgan fingerprint density at radius 3 is 2.05 bits per heavy atom. The molecular weight excluding hydrogens is 270 g/mol. The Morgan fingerprint density at radius 1 is 1.05 bits per heavy atom. The van der Waals surface area contributed by atoms with E-state index in [2.05, 4.69) is 12.2 Å². The van der Waals surface area contributed by atoms with Gasteiger partial charge in [0.2, 0.25) is 0 Å². The summed E-state index contributed by atoms with van der Waals surface area (Å²) in [5.41, 5.74) is -0.619. The standard InChI is InChI=1S/C16H31NO4/c1-5-6-7-8-9-10-11-12-13(14(18)19)17-15(20)21-16(2,3)4/h13H,5-12H2,1-4H3,(H,17,20)(H,18,19)/t13-/m0/s1. The number of aliphatic carboxylic acids is 1. The van der Waals surface area contributed by atoms with Crippen LogP contribution < -0.4 is 5.32 Å². The number of unbranched alkanes of at least 4 members (excludes halogenated alkanes) is 6. The summed E-state index contributed by atoms with van der Waals surface area (Å²) in [5, 5.41) is 11.5. The highest BCUT2D eigenvalue weighted by molar-refractivity contribution is 5.79. The van der Waals surface area contributed by atoms with Crippen LogP contribution >= 0.6 is 0 Å². The van der Waals surface area contributed by atoms with Gasteiger partial charge in [-0.1, -0.05) is 51.9 Å². The zero-order valence-electron chi connectivity index (χ0n) is 13.9. The van der Waals surface area contributed by atoms with Crippen LogP contribution in [0.1, 0.15) is 79.1 Å². The van der Waals surface area contributed by atoms with E-state index in [0.717, 1.165) is 19.3 Å². The molecule has 0 saturated carbocycles. The second-order valence-electron chi connectivity index (χ2n) is 6.45. The van der Waals surface area contributed by atoms with Crippen LogP contribution in [0, 0.1) is 0 Å². The number of hydrogen-bond acceptors (Lipinski definition) is 3. The van der Waals surface area contributed by atoms with Crippen molar-refractivity contribution in [2.24, 2.45) is 0 Å². The molecule has 0 aliphatic rings. The van der Waals surface area contributed by atoms with E-state index in [1.54, 1.807) is 20.8 Å². The summed E-state index contributed by atoms with van der Waals surface area (Å²) in [6, 6.07) is -0.865. The van der Waals surface area contributed by atoms with E-state index in [1.165, 1.54) is 25.7 Å². The highest BCUT2D eigenvalue weighted by atomic mass is 16.6. The summed E-state index contributed by atoms with van der Waals surface area (Å²) in [4.78, 5) is 22.7. The Hall–Kier alpha value is -1.26. The fraction of sp³-hybridized carbons (Fsp3) is 0.875. The highest BCUT2D eigenvalue weighted by Gasteiger charge is 2.23. The first-order valence-corrected chi connectivity index (χ1v) is 7.98. The van der Waals surface area contributed by atoms with Crippen molar-refractivity contribution in [2.75, 3.05) is 0 Å². The van der Waals surface area contributed by atoms with Crippen LogP contribution in [0.2, 0.25) is 0 Å². The molecule has 5 nitrogen and oxygen atoms in total. The minimum atomic E-state index is -1.01. The number of nitrogens with one attached hydrogen (secondary N) is 1. The van der Waals surface area contributed by atoms with Gasteiger partial charge in [0, 0.05) is 0 Å². The number of carboxylic acids is 1. The molecule has 1 amide bonds. The number of carbonyl (C=O) groups is 2. The quantitative estimate of drug-likeness (QED) is 0.595. The number of carbonyl (C=O) groups excluding carboxylic acids is 1. The van der Waals surface area contributed by atoms with Crippen LogP contribution in [0.5, 0.6) is 0 Å². The SMILES string of the molecule is CCCCCCCCC[C@H](NC(=O)OC(C)(C)C)C(=O)O. The number of alkyl carbamates (subject to hydrolysis) is 1. The van der Waals surface area contributed by atoms with E-state index >= 15 is 0 Å². The number of rotatable bonds is 10. The van der Waals surface area contributed by atoms with Crippen molar-refractivity contribution in [2.45, 2.75) is 90.7 Å². The van der Waals surface area contributed by atoms with Gasteiger partial charge in [-0.05, 0) is 27.2 Å². The minimum absolute atomic E-state index is 0.447. The van der Waals surface area contributed by atoms with Crippen molar-refractivity contribution in [1.29, 1.82) is 0 Å². The molecule has 2 N–H and O–H groups in total. The van der Waals surface area contributed by atoms with Crippen molar-refractivity contribution in [3.63, 3.8) is 0 Å². The van der Waals surface area contributed by atoms with Crippen LogP contribution in [-0.4, -0.2) is 28.8 Å². The smallest absolute Gasteiger partial charge is 0.408 e. The molecule has 5 heteroatoms. The fourth-order valence-corrected chi connectivity index (χ4v) is 2.01. The molecule has 0 unspecified atom stereocenters. The van der Waals surface area contributed by atoms with Crippen molar-refractivity contribution in [3.8, 4) is 0 Å². The zero-order chi connectivity index (χ0) is 16.3. The molecule has 21 heavy (non-hydrogen) atoms. The van der Waals surface area contributed by atoms with Crippen molar-refractivity contribution in [1.82, 2.24) is 5.32 Å². The molecule has 1 atom stereocenters. The molecule has 0 aromatic carbocycles. The molecule has 0 rings (SSSR count). The lowest BCUT2D eigenvalue weighted by Gasteiger charge is -2.22. The summed E-state index contributed by atoms with van der Waals surface area (Å²) in [5.74, 6) is -1.01. The van der Waals surface area contributed by atoms with Crippen molar-refractivity contribution in [3.05, 3.63) is 0 Å². The van der Waals surface area contributed by atoms with Crippen LogP contribution in [0.4, 0.5) is 4.79 Å². The van der Waals surface area contributed by atoms with Crippen molar-refractivity contribution >= 4 is 12.1 Å². The van der Waals surface area contributed by atoms with E-state index in [0.29, 0.717) is 6.42 Å². The molecule has 0 saturated heterocycles. The lowest BCUT2D eigenvalue weighted by molar-refractivity contribution is -0.139. The zero-order valence-corrected chi connectivity index (χ0v) is 13.9. The molecule has 0 aromatic heterocycles. The molecule has 0 spiro atoms. The maximum absolute atomic E-state index is 11.6. The van der Waals surface area contributed by atoms with Gasteiger partial charge in [0.1, 0.15) is 11.6 Å². The lowest BCUT2D eigenvalue weighted by Crippen LogP contribution is -2.43. The first-order chi connectivity index (χ1) is 9.76. The molecule has 124 valence electrons. The highest BCUT2D eigenvalue weighted by Crippen LogP contribution is 2.11. The Bertz CT molecular complexity index is 310. The summed E-state index contributed by atoms with van der Waals surface area (Å²) < 4.78 is 5.08. The second-order valence-corrected chi connectivity index (χ2v) is 6.45. The van der Waals surface area contributed by atoms with Crippen LogP contribution in [0.25, 0.3) is 0 Å². The number of hydrogen-bond donors (Lipinski definition) is 2. The summed E-state index contributed by atoms with van der Waals surface area (Å²) >= 11 is 0. The third kappa shape index (κ3) is 12.2. The average molecular weight is 301 g/mol. The van der Waals surface area contributed by atoms with Crippen LogP contribution in [0.3, 0.4) is 0 Å². The maximum atomic E-state index is 11.6. The molecule has 0 fully saturated rings. The average Bonchev–Trinajstić information content (AvgIpc) is 2.33.